The van der Waals surface area contributed by atoms with Crippen LogP contribution in [0.1, 0.15) is 22.3 Å². The molecule has 56 heavy (non-hydrogen) atoms. The summed E-state index contributed by atoms with van der Waals surface area (Å²) in [5.41, 5.74) is 15.7. The van der Waals surface area contributed by atoms with Gasteiger partial charge in [0.1, 0.15) is 11.2 Å². The Labute approximate surface area is 325 Å². The molecule has 10 aromatic rings. The topological polar surface area (TPSA) is 38.9 Å². The van der Waals surface area contributed by atoms with Gasteiger partial charge in [0.2, 0.25) is 0 Å². The Kier molecular flexibility index (Phi) is 7.39. The lowest BCUT2D eigenvalue weighted by Crippen LogP contribution is -2.28. The first kappa shape index (κ1) is 32.1. The van der Waals surface area contributed by atoms with Crippen molar-refractivity contribution in [1.82, 2.24) is 9.97 Å². The van der Waals surface area contributed by atoms with Crippen LogP contribution >= 0.6 is 0 Å². The summed E-state index contributed by atoms with van der Waals surface area (Å²) in [7, 11) is 0. The molecule has 0 amide bonds. The van der Waals surface area contributed by atoms with E-state index in [1.807, 2.05) is 30.3 Å². The maximum absolute atomic E-state index is 6.44. The smallest absolute Gasteiger partial charge is 0.160 e. The minimum atomic E-state index is -0.456. The van der Waals surface area contributed by atoms with Crippen molar-refractivity contribution in [2.24, 2.45) is 0 Å². The Bertz CT molecular complexity index is 3040. The second kappa shape index (κ2) is 12.9. The third-order valence-corrected chi connectivity index (χ3v) is 11.4. The van der Waals surface area contributed by atoms with Gasteiger partial charge in [-0.15, -0.1) is 0 Å². The average molecular weight is 715 g/mol. The summed E-state index contributed by atoms with van der Waals surface area (Å²) in [6.07, 6.45) is 0. The van der Waals surface area contributed by atoms with Crippen molar-refractivity contribution in [3.63, 3.8) is 0 Å². The predicted molar refractivity (Wildman–Crippen MR) is 228 cm³/mol. The molecule has 0 unspecified atom stereocenters. The molecule has 0 bridgehead atoms. The fourth-order valence-electron chi connectivity index (χ4n) is 8.89. The zero-order valence-corrected chi connectivity index (χ0v) is 30.4. The molecular formula is C53H34N2O. The van der Waals surface area contributed by atoms with E-state index in [0.717, 1.165) is 61.1 Å². The molecule has 1 aliphatic carbocycles. The zero-order chi connectivity index (χ0) is 37.1. The van der Waals surface area contributed by atoms with Crippen molar-refractivity contribution in [2.75, 3.05) is 0 Å². The summed E-state index contributed by atoms with van der Waals surface area (Å²) < 4.78 is 6.44. The summed E-state index contributed by atoms with van der Waals surface area (Å²) in [6, 6.07) is 73.2. The van der Waals surface area contributed by atoms with Gasteiger partial charge >= 0.3 is 0 Å². The molecule has 3 heteroatoms. The fraction of sp³-hybridized carbons (Fsp3) is 0.0189. The van der Waals surface area contributed by atoms with Crippen molar-refractivity contribution >= 4 is 21.9 Å². The molecule has 11 rings (SSSR count). The maximum atomic E-state index is 6.44. The van der Waals surface area contributed by atoms with Crippen LogP contribution in [-0.4, -0.2) is 9.97 Å². The Morgan fingerprint density at radius 3 is 1.68 bits per heavy atom. The number of nitrogens with zero attached hydrogens (tertiary/aromatic N) is 2. The molecule has 2 aromatic heterocycles. The van der Waals surface area contributed by atoms with Gasteiger partial charge in [-0.2, -0.15) is 0 Å². The van der Waals surface area contributed by atoms with Gasteiger partial charge in [-0.1, -0.05) is 182 Å². The zero-order valence-electron chi connectivity index (χ0n) is 30.4. The van der Waals surface area contributed by atoms with E-state index < -0.39 is 5.41 Å². The molecule has 0 saturated carbocycles. The number of hydrogen-bond acceptors (Lipinski definition) is 3. The molecule has 262 valence electrons. The van der Waals surface area contributed by atoms with E-state index in [2.05, 4.69) is 176 Å². The maximum Gasteiger partial charge on any atom is 0.160 e. The monoisotopic (exact) mass is 714 g/mol. The van der Waals surface area contributed by atoms with Gasteiger partial charge in [-0.05, 0) is 63.2 Å². The van der Waals surface area contributed by atoms with Crippen molar-refractivity contribution < 1.29 is 4.42 Å². The number of benzene rings is 8. The van der Waals surface area contributed by atoms with E-state index in [9.17, 15) is 0 Å². The molecule has 1 aliphatic rings. The van der Waals surface area contributed by atoms with Crippen LogP contribution in [0.3, 0.4) is 0 Å². The minimum Gasteiger partial charge on any atom is -0.455 e. The first-order valence-corrected chi connectivity index (χ1v) is 19.1. The van der Waals surface area contributed by atoms with Gasteiger partial charge in [0.15, 0.2) is 5.82 Å². The average Bonchev–Trinajstić information content (AvgIpc) is 3.81. The third-order valence-electron chi connectivity index (χ3n) is 11.4. The SMILES string of the molecule is c1ccc(-c2nc(-c3cccc(-c4cccc5c4oc4ccccc45)c3)cc(-c3ccc4c(c3)-c3ccccc3C4(c3ccccc3)c3ccccc3)n2)cc1. The first-order valence-electron chi connectivity index (χ1n) is 19.1. The van der Waals surface area contributed by atoms with Crippen molar-refractivity contribution in [3.8, 4) is 56.2 Å². The largest absolute Gasteiger partial charge is 0.455 e. The number of aromatic nitrogens is 2. The van der Waals surface area contributed by atoms with Crippen LogP contribution in [0, 0.1) is 0 Å². The van der Waals surface area contributed by atoms with Crippen LogP contribution in [0.4, 0.5) is 0 Å². The first-order chi connectivity index (χ1) is 27.8. The van der Waals surface area contributed by atoms with E-state index in [0.29, 0.717) is 5.82 Å². The second-order valence-corrected chi connectivity index (χ2v) is 14.5. The Morgan fingerprint density at radius 1 is 0.357 bits per heavy atom. The summed E-state index contributed by atoms with van der Waals surface area (Å²) in [5.74, 6) is 0.687. The second-order valence-electron chi connectivity index (χ2n) is 14.5. The van der Waals surface area contributed by atoms with E-state index >= 15 is 0 Å². The van der Waals surface area contributed by atoms with Crippen molar-refractivity contribution in [2.45, 2.75) is 5.41 Å². The molecule has 0 aliphatic heterocycles. The molecule has 0 radical (unpaired) electrons. The van der Waals surface area contributed by atoms with Gasteiger partial charge in [-0.3, -0.25) is 0 Å². The highest BCUT2D eigenvalue weighted by Gasteiger charge is 2.46. The van der Waals surface area contributed by atoms with E-state index in [-0.39, 0.29) is 0 Å². The lowest BCUT2D eigenvalue weighted by Gasteiger charge is -2.33. The van der Waals surface area contributed by atoms with Gasteiger partial charge in [0.05, 0.1) is 16.8 Å². The van der Waals surface area contributed by atoms with Crippen LogP contribution in [0.2, 0.25) is 0 Å². The standard InChI is InChI=1S/C53H34N2O/c1-4-16-35(17-5-1)52-54-48(37-19-14-18-36(32-37)41-26-15-27-44-43-25-11-13-29-50(43)56-51(41)44)34-49(55-52)38-30-31-47-45(33-38)42-24-10-12-28-46(42)53(47,39-20-6-2-7-21-39)40-22-8-3-9-23-40/h1-34H. The van der Waals surface area contributed by atoms with Gasteiger partial charge in [0, 0.05) is 33.0 Å². The number of fused-ring (bicyclic) bond motifs is 6. The lowest BCUT2D eigenvalue weighted by molar-refractivity contribution is 0.670. The van der Waals surface area contributed by atoms with Crippen LogP contribution < -0.4 is 0 Å². The molecule has 0 N–H and O–H groups in total. The van der Waals surface area contributed by atoms with Crippen LogP contribution in [0.25, 0.3) is 78.1 Å². The Hall–Kier alpha value is -7.36. The highest BCUT2D eigenvalue weighted by Crippen LogP contribution is 2.56. The Balaban J connectivity index is 1.09. The highest BCUT2D eigenvalue weighted by molar-refractivity contribution is 6.09. The third kappa shape index (κ3) is 4.98. The highest BCUT2D eigenvalue weighted by atomic mass is 16.3. The van der Waals surface area contributed by atoms with Crippen molar-refractivity contribution in [1.29, 1.82) is 0 Å². The summed E-state index contributed by atoms with van der Waals surface area (Å²) in [4.78, 5) is 10.5. The molecule has 0 atom stereocenters. The summed E-state index contributed by atoms with van der Waals surface area (Å²) in [6.45, 7) is 0. The normalized spacial score (nSPS) is 12.8. The van der Waals surface area contributed by atoms with E-state index in [4.69, 9.17) is 14.4 Å². The molecule has 0 saturated heterocycles. The van der Waals surface area contributed by atoms with Crippen LogP contribution in [0.5, 0.6) is 0 Å². The van der Waals surface area contributed by atoms with Crippen LogP contribution in [-0.2, 0) is 5.41 Å². The van der Waals surface area contributed by atoms with E-state index in [1.54, 1.807) is 0 Å². The quantitative estimate of drug-likeness (QED) is 0.172. The van der Waals surface area contributed by atoms with Crippen molar-refractivity contribution in [3.05, 3.63) is 229 Å². The molecular weight excluding hydrogens is 681 g/mol. The molecule has 2 heterocycles. The fourth-order valence-corrected chi connectivity index (χ4v) is 8.89. The van der Waals surface area contributed by atoms with Gasteiger partial charge in [-0.25, -0.2) is 9.97 Å². The molecule has 0 spiro atoms. The number of rotatable bonds is 6. The summed E-state index contributed by atoms with van der Waals surface area (Å²) in [5, 5.41) is 2.23. The lowest BCUT2D eigenvalue weighted by atomic mass is 9.67. The Morgan fingerprint density at radius 2 is 0.911 bits per heavy atom. The van der Waals surface area contributed by atoms with Gasteiger partial charge < -0.3 is 4.42 Å². The number of hydrogen-bond donors (Lipinski definition) is 0. The van der Waals surface area contributed by atoms with E-state index in [1.165, 1.54) is 33.4 Å². The molecule has 3 nitrogen and oxygen atoms in total. The number of furan rings is 1. The summed E-state index contributed by atoms with van der Waals surface area (Å²) >= 11 is 0. The molecule has 8 aromatic carbocycles. The van der Waals surface area contributed by atoms with Gasteiger partial charge in [0.25, 0.3) is 0 Å². The predicted octanol–water partition coefficient (Wildman–Crippen LogP) is 13.4. The molecule has 0 fully saturated rings. The van der Waals surface area contributed by atoms with Crippen LogP contribution in [0.15, 0.2) is 211 Å². The minimum absolute atomic E-state index is 0.456. The number of para-hydroxylation sites is 2.